The third-order valence-corrected chi connectivity index (χ3v) is 2.93. The monoisotopic (exact) mass is 275 g/mol. The van der Waals surface area contributed by atoms with Gasteiger partial charge < -0.3 is 5.32 Å². The van der Waals surface area contributed by atoms with E-state index >= 15 is 0 Å². The van der Waals surface area contributed by atoms with Crippen LogP contribution >= 0.6 is 11.6 Å². The second-order valence-electron chi connectivity index (χ2n) is 4.14. The van der Waals surface area contributed by atoms with Crippen LogP contribution in [0, 0.1) is 31.0 Å². The predicted molar refractivity (Wildman–Crippen MR) is 73.1 cm³/mol. The molecule has 0 spiro atoms. The second kappa shape index (κ2) is 5.25. The number of aryl methyl sites for hydroxylation is 2. The summed E-state index contributed by atoms with van der Waals surface area (Å²) in [6.07, 6.45) is 0. The van der Waals surface area contributed by atoms with E-state index in [1.165, 1.54) is 12.1 Å². The number of anilines is 2. The number of hydrogen-bond acceptors (Lipinski definition) is 3. The molecule has 19 heavy (non-hydrogen) atoms. The highest BCUT2D eigenvalue weighted by molar-refractivity contribution is 6.31. The van der Waals surface area contributed by atoms with E-state index in [4.69, 9.17) is 16.9 Å². The molecule has 0 aliphatic rings. The van der Waals surface area contributed by atoms with Gasteiger partial charge in [0.05, 0.1) is 22.0 Å². The van der Waals surface area contributed by atoms with Gasteiger partial charge in [0, 0.05) is 11.4 Å². The third-order valence-electron chi connectivity index (χ3n) is 2.64. The number of nitrogens with one attached hydrogen (secondary N) is 1. The van der Waals surface area contributed by atoms with Crippen molar-refractivity contribution in [1.82, 2.24) is 4.98 Å². The van der Waals surface area contributed by atoms with Gasteiger partial charge in [0.1, 0.15) is 11.9 Å². The van der Waals surface area contributed by atoms with Crippen LogP contribution in [0.5, 0.6) is 0 Å². The normalized spacial score (nSPS) is 10.1. The van der Waals surface area contributed by atoms with Crippen LogP contribution in [-0.2, 0) is 0 Å². The van der Waals surface area contributed by atoms with E-state index in [-0.39, 0.29) is 5.02 Å². The molecule has 0 saturated carbocycles. The van der Waals surface area contributed by atoms with E-state index in [1.54, 1.807) is 19.1 Å². The lowest BCUT2D eigenvalue weighted by Gasteiger charge is -2.11. The van der Waals surface area contributed by atoms with Crippen molar-refractivity contribution in [2.24, 2.45) is 0 Å². The van der Waals surface area contributed by atoms with E-state index in [0.29, 0.717) is 22.6 Å². The van der Waals surface area contributed by atoms with Gasteiger partial charge in [0.15, 0.2) is 0 Å². The highest BCUT2D eigenvalue weighted by Crippen LogP contribution is 2.26. The highest BCUT2D eigenvalue weighted by Gasteiger charge is 2.09. The third kappa shape index (κ3) is 2.83. The lowest BCUT2D eigenvalue weighted by atomic mass is 10.1. The lowest BCUT2D eigenvalue weighted by Crippen LogP contribution is -1.99. The minimum absolute atomic E-state index is 0.0333. The molecule has 0 saturated heterocycles. The number of benzene rings is 1. The Morgan fingerprint density at radius 1 is 1.32 bits per heavy atom. The predicted octanol–water partition coefficient (Wildman–Crippen LogP) is 4.11. The first-order chi connectivity index (χ1) is 9.01. The summed E-state index contributed by atoms with van der Waals surface area (Å²) >= 11 is 5.72. The number of pyridine rings is 1. The van der Waals surface area contributed by atoms with Crippen molar-refractivity contribution in [1.29, 1.82) is 5.26 Å². The Balaban J connectivity index is 2.43. The van der Waals surface area contributed by atoms with Crippen LogP contribution in [0.25, 0.3) is 0 Å². The largest absolute Gasteiger partial charge is 0.354 e. The number of hydrogen-bond donors (Lipinski definition) is 1. The molecule has 1 heterocycles. The molecule has 0 fully saturated rings. The number of aromatic nitrogens is 1. The summed E-state index contributed by atoms with van der Waals surface area (Å²) in [5.41, 5.74) is 3.17. The molecule has 0 unspecified atom stereocenters. The summed E-state index contributed by atoms with van der Waals surface area (Å²) < 4.78 is 13.1. The van der Waals surface area contributed by atoms with Crippen LogP contribution in [0.4, 0.5) is 15.8 Å². The van der Waals surface area contributed by atoms with Gasteiger partial charge in [0.25, 0.3) is 0 Å². The maximum absolute atomic E-state index is 13.1. The average Bonchev–Trinajstić information content (AvgIpc) is 2.33. The quantitative estimate of drug-likeness (QED) is 0.897. The topological polar surface area (TPSA) is 48.7 Å². The molecule has 1 N–H and O–H groups in total. The van der Waals surface area contributed by atoms with E-state index < -0.39 is 5.82 Å². The van der Waals surface area contributed by atoms with E-state index in [9.17, 15) is 4.39 Å². The first-order valence-corrected chi connectivity index (χ1v) is 5.99. The molecule has 1 aromatic heterocycles. The molecule has 0 aliphatic heterocycles. The number of rotatable bonds is 2. The minimum atomic E-state index is -0.477. The van der Waals surface area contributed by atoms with E-state index in [1.807, 2.05) is 6.92 Å². The molecule has 2 rings (SSSR count). The summed E-state index contributed by atoms with van der Waals surface area (Å²) in [5.74, 6) is -0.477. The van der Waals surface area contributed by atoms with Gasteiger partial charge in [-0.1, -0.05) is 11.6 Å². The molecule has 0 aliphatic carbocycles. The zero-order valence-corrected chi connectivity index (χ0v) is 11.2. The molecule has 1 aromatic carbocycles. The summed E-state index contributed by atoms with van der Waals surface area (Å²) in [4.78, 5) is 4.23. The minimum Gasteiger partial charge on any atom is -0.354 e. The Bertz CT molecular complexity index is 677. The van der Waals surface area contributed by atoms with Gasteiger partial charge in [-0.15, -0.1) is 0 Å². The van der Waals surface area contributed by atoms with Crippen LogP contribution < -0.4 is 5.32 Å². The number of nitrogens with zero attached hydrogens (tertiary/aromatic N) is 2. The van der Waals surface area contributed by atoms with Gasteiger partial charge in [0.2, 0.25) is 0 Å². The first-order valence-electron chi connectivity index (χ1n) is 5.61. The SMILES string of the molecule is Cc1cc(Nc2ccc(F)c(Cl)c2)c(C#N)c(C)n1. The Morgan fingerprint density at radius 3 is 2.68 bits per heavy atom. The number of nitriles is 1. The summed E-state index contributed by atoms with van der Waals surface area (Å²) in [6.45, 7) is 3.62. The van der Waals surface area contributed by atoms with E-state index in [2.05, 4.69) is 16.4 Å². The summed E-state index contributed by atoms with van der Waals surface area (Å²) in [5, 5.41) is 12.2. The molecule has 96 valence electrons. The van der Waals surface area contributed by atoms with Crippen molar-refractivity contribution in [2.75, 3.05) is 5.32 Å². The molecular weight excluding hydrogens is 265 g/mol. The maximum atomic E-state index is 13.1. The van der Waals surface area contributed by atoms with Crippen molar-refractivity contribution in [3.63, 3.8) is 0 Å². The molecule has 0 bridgehead atoms. The first kappa shape index (κ1) is 13.3. The van der Waals surface area contributed by atoms with Crippen LogP contribution in [0.3, 0.4) is 0 Å². The zero-order chi connectivity index (χ0) is 14.0. The van der Waals surface area contributed by atoms with Gasteiger partial charge in [-0.25, -0.2) is 4.39 Å². The van der Waals surface area contributed by atoms with Gasteiger partial charge in [-0.2, -0.15) is 5.26 Å². The Morgan fingerprint density at radius 2 is 2.05 bits per heavy atom. The molecule has 0 amide bonds. The molecule has 5 heteroatoms. The van der Waals surface area contributed by atoms with Crippen molar-refractivity contribution in [2.45, 2.75) is 13.8 Å². The van der Waals surface area contributed by atoms with Crippen molar-refractivity contribution in [3.8, 4) is 6.07 Å². The standard InChI is InChI=1S/C14H11ClFN3/c1-8-5-14(11(7-17)9(2)18-8)19-10-3-4-13(16)12(15)6-10/h3-6H,1-2H3,(H,18,19). The summed E-state index contributed by atoms with van der Waals surface area (Å²) in [6, 6.07) is 8.19. The fourth-order valence-corrected chi connectivity index (χ4v) is 1.98. The second-order valence-corrected chi connectivity index (χ2v) is 4.54. The Labute approximate surface area is 115 Å². The van der Waals surface area contributed by atoms with Gasteiger partial charge in [-0.05, 0) is 38.1 Å². The zero-order valence-electron chi connectivity index (χ0n) is 10.5. The molecule has 0 atom stereocenters. The van der Waals surface area contributed by atoms with Crippen LogP contribution in [0.15, 0.2) is 24.3 Å². The smallest absolute Gasteiger partial charge is 0.141 e. The van der Waals surface area contributed by atoms with Crippen molar-refractivity contribution >= 4 is 23.0 Å². The van der Waals surface area contributed by atoms with E-state index in [0.717, 1.165) is 5.69 Å². The average molecular weight is 276 g/mol. The Kier molecular flexibility index (Phi) is 3.68. The van der Waals surface area contributed by atoms with Gasteiger partial charge >= 0.3 is 0 Å². The molecular formula is C14H11ClFN3. The van der Waals surface area contributed by atoms with Crippen molar-refractivity contribution in [3.05, 3.63) is 52.1 Å². The van der Waals surface area contributed by atoms with Crippen LogP contribution in [-0.4, -0.2) is 4.98 Å². The van der Waals surface area contributed by atoms with Crippen LogP contribution in [0.1, 0.15) is 17.0 Å². The fourth-order valence-electron chi connectivity index (χ4n) is 1.80. The van der Waals surface area contributed by atoms with Gasteiger partial charge in [-0.3, -0.25) is 4.98 Å². The maximum Gasteiger partial charge on any atom is 0.141 e. The van der Waals surface area contributed by atoms with Crippen LogP contribution in [0.2, 0.25) is 5.02 Å². The lowest BCUT2D eigenvalue weighted by molar-refractivity contribution is 0.628. The molecule has 0 radical (unpaired) electrons. The molecule has 3 nitrogen and oxygen atoms in total. The number of halogens is 2. The summed E-state index contributed by atoms with van der Waals surface area (Å²) in [7, 11) is 0. The van der Waals surface area contributed by atoms with Crippen molar-refractivity contribution < 1.29 is 4.39 Å². The Hall–Kier alpha value is -2.12. The molecule has 2 aromatic rings. The fraction of sp³-hybridized carbons (Fsp3) is 0.143. The highest BCUT2D eigenvalue weighted by atomic mass is 35.5.